The third kappa shape index (κ3) is 3.95. The average Bonchev–Trinajstić information content (AvgIpc) is 2.83. The lowest BCUT2D eigenvalue weighted by Gasteiger charge is -2.33. The molecule has 1 aliphatic rings. The molecule has 1 aliphatic heterocycles. The fourth-order valence-corrected chi connectivity index (χ4v) is 3.49. The predicted octanol–water partition coefficient (Wildman–Crippen LogP) is 3.93. The molecule has 1 N–H and O–H groups in total. The van der Waals surface area contributed by atoms with Crippen molar-refractivity contribution < 1.29 is 0 Å². The van der Waals surface area contributed by atoms with E-state index in [2.05, 4.69) is 35.5 Å². The first-order valence-electron chi connectivity index (χ1n) is 6.88. The molecule has 0 amide bonds. The largest absolute Gasteiger partial charge is 0.309 e. The van der Waals surface area contributed by atoms with Gasteiger partial charge in [0.05, 0.1) is 4.34 Å². The lowest BCUT2D eigenvalue weighted by atomic mass is 10.1. The highest BCUT2D eigenvalue weighted by Crippen LogP contribution is 2.24. The molecule has 2 heterocycles. The third-order valence-corrected chi connectivity index (χ3v) is 4.93. The minimum Gasteiger partial charge on any atom is -0.309 e. The van der Waals surface area contributed by atoms with Crippen molar-refractivity contribution in [2.45, 2.75) is 45.2 Å². The number of rotatable bonds is 5. The summed E-state index contributed by atoms with van der Waals surface area (Å²) in [6, 6.07) is 3.08. The first kappa shape index (κ1) is 14.3. The summed E-state index contributed by atoms with van der Waals surface area (Å²) < 4.78 is 0.878. The van der Waals surface area contributed by atoms with Crippen LogP contribution in [0.3, 0.4) is 0 Å². The molecule has 1 fully saturated rings. The van der Waals surface area contributed by atoms with E-state index >= 15 is 0 Å². The molecule has 0 aliphatic carbocycles. The van der Waals surface area contributed by atoms with Gasteiger partial charge in [-0.2, -0.15) is 0 Å². The number of thiophene rings is 1. The van der Waals surface area contributed by atoms with E-state index < -0.39 is 0 Å². The summed E-state index contributed by atoms with van der Waals surface area (Å²) in [5.41, 5.74) is 1.30. The molecule has 2 atom stereocenters. The summed E-state index contributed by atoms with van der Waals surface area (Å²) in [5.74, 6) is 0. The molecule has 1 aromatic heterocycles. The van der Waals surface area contributed by atoms with Crippen LogP contribution in [0.25, 0.3) is 0 Å². The molecule has 0 bridgehead atoms. The highest BCUT2D eigenvalue weighted by atomic mass is 35.5. The Morgan fingerprint density at radius 1 is 1.33 bits per heavy atom. The molecule has 1 aromatic rings. The lowest BCUT2D eigenvalue weighted by Crippen LogP contribution is -2.43. The van der Waals surface area contributed by atoms with Crippen LogP contribution in [0.15, 0.2) is 11.4 Å². The van der Waals surface area contributed by atoms with E-state index in [1.807, 2.05) is 0 Å². The lowest BCUT2D eigenvalue weighted by molar-refractivity contribution is 0.168. The number of nitrogens with zero attached hydrogens (tertiary/aromatic N) is 1. The zero-order valence-electron chi connectivity index (χ0n) is 11.3. The molecular formula is C14H23ClN2S. The fraction of sp³-hybridized carbons (Fsp3) is 0.714. The Kier molecular flexibility index (Phi) is 5.49. The first-order chi connectivity index (χ1) is 8.66. The molecule has 2 nitrogen and oxygen atoms in total. The van der Waals surface area contributed by atoms with Gasteiger partial charge in [0.15, 0.2) is 0 Å². The van der Waals surface area contributed by atoms with Gasteiger partial charge in [-0.05, 0) is 56.8 Å². The van der Waals surface area contributed by atoms with Gasteiger partial charge in [0, 0.05) is 18.6 Å². The average molecular weight is 287 g/mol. The van der Waals surface area contributed by atoms with Crippen LogP contribution >= 0.6 is 22.9 Å². The Bertz CT molecular complexity index is 360. The minimum atomic E-state index is 0.390. The monoisotopic (exact) mass is 286 g/mol. The van der Waals surface area contributed by atoms with Crippen molar-refractivity contribution in [3.63, 3.8) is 0 Å². The number of nitrogens with one attached hydrogen (secondary N) is 1. The Balaban J connectivity index is 1.76. The van der Waals surface area contributed by atoms with Gasteiger partial charge in [0.25, 0.3) is 0 Å². The van der Waals surface area contributed by atoms with Gasteiger partial charge in [0.1, 0.15) is 0 Å². The summed E-state index contributed by atoms with van der Waals surface area (Å²) in [5, 5.41) is 5.76. The highest BCUT2D eigenvalue weighted by Gasteiger charge is 2.17. The van der Waals surface area contributed by atoms with E-state index in [4.69, 9.17) is 11.6 Å². The second kappa shape index (κ2) is 6.90. The van der Waals surface area contributed by atoms with E-state index in [9.17, 15) is 0 Å². The van der Waals surface area contributed by atoms with Crippen LogP contribution < -0.4 is 5.32 Å². The minimum absolute atomic E-state index is 0.390. The van der Waals surface area contributed by atoms with Crippen LogP contribution in [0.5, 0.6) is 0 Å². The van der Waals surface area contributed by atoms with Crippen LogP contribution in [0.1, 0.15) is 44.7 Å². The molecule has 2 rings (SSSR count). The topological polar surface area (TPSA) is 15.3 Å². The Morgan fingerprint density at radius 3 is 2.67 bits per heavy atom. The Morgan fingerprint density at radius 2 is 2.06 bits per heavy atom. The maximum atomic E-state index is 5.97. The Labute approximate surface area is 119 Å². The molecule has 18 heavy (non-hydrogen) atoms. The van der Waals surface area contributed by atoms with Gasteiger partial charge in [-0.1, -0.05) is 18.0 Å². The van der Waals surface area contributed by atoms with Gasteiger partial charge in [-0.3, -0.25) is 4.90 Å². The van der Waals surface area contributed by atoms with Crippen molar-refractivity contribution >= 4 is 22.9 Å². The fourth-order valence-electron chi connectivity index (χ4n) is 2.50. The summed E-state index contributed by atoms with van der Waals surface area (Å²) >= 11 is 7.58. The predicted molar refractivity (Wildman–Crippen MR) is 80.6 cm³/mol. The van der Waals surface area contributed by atoms with E-state index in [-0.39, 0.29) is 0 Å². The van der Waals surface area contributed by atoms with Crippen LogP contribution in [-0.4, -0.2) is 30.6 Å². The molecule has 0 aromatic carbocycles. The smallest absolute Gasteiger partial charge is 0.0931 e. The van der Waals surface area contributed by atoms with E-state index in [1.165, 1.54) is 37.9 Å². The zero-order chi connectivity index (χ0) is 13.0. The van der Waals surface area contributed by atoms with Crippen molar-refractivity contribution in [2.24, 2.45) is 0 Å². The maximum absolute atomic E-state index is 5.97. The van der Waals surface area contributed by atoms with Gasteiger partial charge < -0.3 is 5.32 Å². The third-order valence-electron chi connectivity index (χ3n) is 3.82. The maximum Gasteiger partial charge on any atom is 0.0931 e. The molecule has 0 radical (unpaired) electrons. The number of hydrogen-bond donors (Lipinski definition) is 1. The summed E-state index contributed by atoms with van der Waals surface area (Å²) in [7, 11) is 0. The van der Waals surface area contributed by atoms with Crippen molar-refractivity contribution in [3.05, 3.63) is 21.3 Å². The molecule has 102 valence electrons. The molecule has 4 heteroatoms. The van der Waals surface area contributed by atoms with Gasteiger partial charge >= 0.3 is 0 Å². The molecule has 1 saturated heterocycles. The number of piperidine rings is 1. The van der Waals surface area contributed by atoms with Gasteiger partial charge in [-0.25, -0.2) is 0 Å². The van der Waals surface area contributed by atoms with Crippen LogP contribution in [0, 0.1) is 0 Å². The normalized spacial score (nSPS) is 20.8. The van der Waals surface area contributed by atoms with Crippen LogP contribution in [0.2, 0.25) is 4.34 Å². The standard InChI is InChI=1S/C14H23ClN2S/c1-11(17-6-4-3-5-7-17)9-16-12(2)13-8-14(15)18-10-13/h8,10-12,16H,3-7,9H2,1-2H3. The van der Waals surface area contributed by atoms with Crippen LogP contribution in [-0.2, 0) is 0 Å². The van der Waals surface area contributed by atoms with E-state index in [0.29, 0.717) is 12.1 Å². The van der Waals surface area contributed by atoms with Crippen LogP contribution in [0.4, 0.5) is 0 Å². The second-order valence-electron chi connectivity index (χ2n) is 5.26. The molecular weight excluding hydrogens is 264 g/mol. The van der Waals surface area contributed by atoms with Crippen molar-refractivity contribution in [1.82, 2.24) is 10.2 Å². The number of hydrogen-bond acceptors (Lipinski definition) is 3. The van der Waals surface area contributed by atoms with Gasteiger partial charge in [-0.15, -0.1) is 11.3 Å². The van der Waals surface area contributed by atoms with Crippen molar-refractivity contribution in [1.29, 1.82) is 0 Å². The summed E-state index contributed by atoms with van der Waals surface area (Å²) in [4.78, 5) is 2.60. The molecule has 0 spiro atoms. The summed E-state index contributed by atoms with van der Waals surface area (Å²) in [6.07, 6.45) is 4.13. The first-order valence-corrected chi connectivity index (χ1v) is 8.14. The Hall–Kier alpha value is -0.0900. The van der Waals surface area contributed by atoms with Crippen molar-refractivity contribution in [2.75, 3.05) is 19.6 Å². The van der Waals surface area contributed by atoms with E-state index in [0.717, 1.165) is 10.9 Å². The molecule has 0 saturated carbocycles. The van der Waals surface area contributed by atoms with Crippen molar-refractivity contribution in [3.8, 4) is 0 Å². The zero-order valence-corrected chi connectivity index (χ0v) is 12.9. The second-order valence-corrected chi connectivity index (χ2v) is 6.80. The summed E-state index contributed by atoms with van der Waals surface area (Å²) in [6.45, 7) is 8.12. The van der Waals surface area contributed by atoms with E-state index in [1.54, 1.807) is 11.3 Å². The number of likely N-dealkylation sites (tertiary alicyclic amines) is 1. The SMILES string of the molecule is CC(NCC(C)N1CCCCC1)c1csc(Cl)c1. The highest BCUT2D eigenvalue weighted by molar-refractivity contribution is 7.14. The number of halogens is 1. The van der Waals surface area contributed by atoms with Gasteiger partial charge in [0.2, 0.25) is 0 Å². The quantitative estimate of drug-likeness (QED) is 0.882. The molecule has 2 unspecified atom stereocenters.